The molecule has 4 atom stereocenters. The molecule has 0 bridgehead atoms. The molecule has 0 spiro atoms. The van der Waals surface area contributed by atoms with Gasteiger partial charge in [0, 0.05) is 41.8 Å². The van der Waals surface area contributed by atoms with Crippen LogP contribution in [0.3, 0.4) is 0 Å². The molecule has 0 aromatic heterocycles. The fourth-order valence-corrected chi connectivity index (χ4v) is 2.37. The number of aliphatic carboxylic acids is 1. The molecule has 0 saturated carbocycles. The molecule has 0 aliphatic carbocycles. The number of carbonyl (C=O) groups is 2. The lowest BCUT2D eigenvalue weighted by molar-refractivity contribution is -0.141. The molecule has 19 heavy (non-hydrogen) atoms. The average molecular weight is 292 g/mol. The van der Waals surface area contributed by atoms with Crippen LogP contribution >= 0.6 is 0 Å². The van der Waals surface area contributed by atoms with Gasteiger partial charge in [-0.1, -0.05) is 6.92 Å². The Morgan fingerprint density at radius 1 is 1.53 bits per heavy atom. The van der Waals surface area contributed by atoms with Crippen LogP contribution in [-0.4, -0.2) is 68.1 Å². The molecule has 8 heteroatoms. The number of nitrogens with zero attached hydrogens (tertiary/aromatic N) is 1. The van der Waals surface area contributed by atoms with Gasteiger partial charge in [0.2, 0.25) is 0 Å². The third kappa shape index (κ3) is 4.46. The number of urea groups is 1. The second-order valence-electron chi connectivity index (χ2n) is 4.73. The van der Waals surface area contributed by atoms with Gasteiger partial charge in [-0.25, -0.2) is 9.59 Å². The summed E-state index contributed by atoms with van der Waals surface area (Å²) < 4.78 is 11.1. The van der Waals surface area contributed by atoms with Gasteiger partial charge in [-0.2, -0.15) is 0 Å². The number of carboxylic acids is 1. The monoisotopic (exact) mass is 292 g/mol. The van der Waals surface area contributed by atoms with Crippen LogP contribution in [0.5, 0.6) is 0 Å². The van der Waals surface area contributed by atoms with Gasteiger partial charge in [-0.05, 0) is 6.42 Å². The number of amides is 2. The largest absolute Gasteiger partial charge is 0.480 e. The third-order valence-electron chi connectivity index (χ3n) is 3.22. The number of likely N-dealkylation sites (tertiary alicyclic amines) is 1. The first-order chi connectivity index (χ1) is 8.82. The number of rotatable bonds is 5. The zero-order valence-electron chi connectivity index (χ0n) is 11.0. The van der Waals surface area contributed by atoms with E-state index in [9.17, 15) is 18.9 Å². The number of aliphatic hydroxyl groups is 1. The second kappa shape index (κ2) is 6.85. The van der Waals surface area contributed by atoms with Crippen molar-refractivity contribution < 1.29 is 24.0 Å². The van der Waals surface area contributed by atoms with E-state index in [1.807, 2.05) is 6.92 Å². The Kier molecular flexibility index (Phi) is 5.74. The number of carboxylic acid groups (broad SMARTS) is 1. The highest BCUT2D eigenvalue weighted by molar-refractivity contribution is 7.84. The topological polar surface area (TPSA) is 107 Å². The van der Waals surface area contributed by atoms with Crippen molar-refractivity contribution in [3.05, 3.63) is 0 Å². The Bertz CT molecular complexity index is 376. The Morgan fingerprint density at radius 2 is 2.16 bits per heavy atom. The summed E-state index contributed by atoms with van der Waals surface area (Å²) in [5.41, 5.74) is 0. The lowest BCUT2D eigenvalue weighted by Gasteiger charge is -2.21. The fourth-order valence-electron chi connectivity index (χ4n) is 1.92. The zero-order valence-corrected chi connectivity index (χ0v) is 11.9. The number of hydrogen-bond donors (Lipinski definition) is 3. The van der Waals surface area contributed by atoms with Crippen molar-refractivity contribution in [2.75, 3.05) is 19.3 Å². The first kappa shape index (κ1) is 15.9. The molecular formula is C11H20N2O5S. The minimum atomic E-state index is -1.12. The summed E-state index contributed by atoms with van der Waals surface area (Å²) in [5.74, 6) is -1.12. The van der Waals surface area contributed by atoms with E-state index in [0.29, 0.717) is 13.0 Å². The van der Waals surface area contributed by atoms with Crippen LogP contribution in [0.2, 0.25) is 0 Å². The van der Waals surface area contributed by atoms with E-state index in [4.69, 9.17) is 5.11 Å². The van der Waals surface area contributed by atoms with Crippen LogP contribution < -0.4 is 5.32 Å². The lowest BCUT2D eigenvalue weighted by atomic mass is 10.2. The van der Waals surface area contributed by atoms with E-state index in [2.05, 4.69) is 5.32 Å². The number of β-amino-alcohol motifs (C(OH)–C–C–N with tert-alkyl or cyclic N) is 1. The van der Waals surface area contributed by atoms with Crippen LogP contribution in [0.25, 0.3) is 0 Å². The number of aliphatic hydroxyl groups excluding tert-OH is 1. The van der Waals surface area contributed by atoms with Crippen LogP contribution in [0.4, 0.5) is 4.79 Å². The van der Waals surface area contributed by atoms with Gasteiger partial charge < -0.3 is 20.4 Å². The summed E-state index contributed by atoms with van der Waals surface area (Å²) in [5, 5.41) is 21.0. The van der Waals surface area contributed by atoms with Gasteiger partial charge in [-0.3, -0.25) is 4.21 Å². The molecule has 3 N–H and O–H groups in total. The molecule has 2 unspecified atom stereocenters. The van der Waals surface area contributed by atoms with E-state index < -0.39 is 34.9 Å². The zero-order chi connectivity index (χ0) is 14.6. The van der Waals surface area contributed by atoms with Gasteiger partial charge in [-0.15, -0.1) is 0 Å². The molecule has 1 saturated heterocycles. The number of carbonyl (C=O) groups excluding carboxylic acids is 1. The standard InChI is InChI=1S/C11H20N2O5S/c1-7(19(2)18)3-4-12-11(17)13-6-8(14)5-9(13)10(15)16/h7-9,14H,3-6H2,1-2H3,(H,12,17)(H,15,16)/t7?,8-,9+,19?/m1/s1. The van der Waals surface area contributed by atoms with Crippen LogP contribution in [-0.2, 0) is 15.6 Å². The molecule has 0 aromatic rings. The van der Waals surface area contributed by atoms with Crippen molar-refractivity contribution in [2.45, 2.75) is 37.2 Å². The lowest BCUT2D eigenvalue weighted by Crippen LogP contribution is -2.46. The SMILES string of the molecule is CC(CCNC(=O)N1C[C@H](O)C[C@H]1C(=O)O)S(C)=O. The van der Waals surface area contributed by atoms with Crippen molar-refractivity contribution in [3.8, 4) is 0 Å². The summed E-state index contributed by atoms with van der Waals surface area (Å²) in [7, 11) is -0.946. The maximum atomic E-state index is 11.8. The Labute approximate surface area is 114 Å². The maximum absolute atomic E-state index is 11.8. The fraction of sp³-hybridized carbons (Fsp3) is 0.818. The predicted octanol–water partition coefficient (Wildman–Crippen LogP) is -0.627. The Hall–Kier alpha value is -1.15. The van der Waals surface area contributed by atoms with Gasteiger partial charge in [0.05, 0.1) is 6.10 Å². The minimum Gasteiger partial charge on any atom is -0.480 e. The van der Waals surface area contributed by atoms with E-state index in [1.54, 1.807) is 6.26 Å². The molecule has 7 nitrogen and oxygen atoms in total. The molecule has 1 heterocycles. The van der Waals surface area contributed by atoms with Crippen LogP contribution in [0.1, 0.15) is 19.8 Å². The third-order valence-corrected chi connectivity index (χ3v) is 4.59. The van der Waals surface area contributed by atoms with E-state index in [0.717, 1.165) is 4.90 Å². The van der Waals surface area contributed by atoms with Crippen molar-refractivity contribution >= 4 is 22.8 Å². The molecule has 1 fully saturated rings. The van der Waals surface area contributed by atoms with Crippen molar-refractivity contribution in [1.29, 1.82) is 0 Å². The Morgan fingerprint density at radius 3 is 2.68 bits per heavy atom. The molecule has 1 rings (SSSR count). The molecule has 2 amide bonds. The van der Waals surface area contributed by atoms with E-state index >= 15 is 0 Å². The summed E-state index contributed by atoms with van der Waals surface area (Å²) in [4.78, 5) is 23.9. The molecule has 1 aliphatic heterocycles. The van der Waals surface area contributed by atoms with Gasteiger partial charge in [0.25, 0.3) is 0 Å². The Balaban J connectivity index is 2.44. The average Bonchev–Trinajstić information content (AvgIpc) is 2.71. The van der Waals surface area contributed by atoms with Crippen LogP contribution in [0.15, 0.2) is 0 Å². The minimum absolute atomic E-state index is 0.0259. The summed E-state index contributed by atoms with van der Waals surface area (Å²) in [6.45, 7) is 2.18. The highest BCUT2D eigenvalue weighted by Crippen LogP contribution is 2.18. The predicted molar refractivity (Wildman–Crippen MR) is 70.3 cm³/mol. The normalized spacial score (nSPS) is 25.9. The molecule has 1 aliphatic rings. The van der Waals surface area contributed by atoms with E-state index in [1.165, 1.54) is 0 Å². The van der Waals surface area contributed by atoms with Crippen molar-refractivity contribution in [2.24, 2.45) is 0 Å². The summed E-state index contributed by atoms with van der Waals surface area (Å²) in [6.07, 6.45) is 1.42. The van der Waals surface area contributed by atoms with Gasteiger partial charge in [0.15, 0.2) is 0 Å². The van der Waals surface area contributed by atoms with Crippen molar-refractivity contribution in [1.82, 2.24) is 10.2 Å². The smallest absolute Gasteiger partial charge is 0.326 e. The van der Waals surface area contributed by atoms with E-state index in [-0.39, 0.29) is 18.2 Å². The maximum Gasteiger partial charge on any atom is 0.326 e. The summed E-state index contributed by atoms with van der Waals surface area (Å²) in [6, 6.07) is -1.48. The second-order valence-corrected chi connectivity index (χ2v) is 6.53. The van der Waals surface area contributed by atoms with Crippen LogP contribution in [0, 0.1) is 0 Å². The van der Waals surface area contributed by atoms with Gasteiger partial charge >= 0.3 is 12.0 Å². The highest BCUT2D eigenvalue weighted by Gasteiger charge is 2.38. The first-order valence-electron chi connectivity index (χ1n) is 6.10. The highest BCUT2D eigenvalue weighted by atomic mass is 32.2. The molecular weight excluding hydrogens is 272 g/mol. The summed E-state index contributed by atoms with van der Waals surface area (Å²) >= 11 is 0. The molecule has 110 valence electrons. The number of nitrogens with one attached hydrogen (secondary N) is 1. The van der Waals surface area contributed by atoms with Crippen molar-refractivity contribution in [3.63, 3.8) is 0 Å². The quantitative estimate of drug-likeness (QED) is 0.625. The molecule has 0 radical (unpaired) electrons. The molecule has 0 aromatic carbocycles. The first-order valence-corrected chi connectivity index (χ1v) is 7.72. The van der Waals surface area contributed by atoms with Gasteiger partial charge in [0.1, 0.15) is 6.04 Å². The number of hydrogen-bond acceptors (Lipinski definition) is 4.